The van der Waals surface area contributed by atoms with Crippen LogP contribution in [0.2, 0.25) is 0 Å². The predicted octanol–water partition coefficient (Wildman–Crippen LogP) is 18.7. The van der Waals surface area contributed by atoms with Gasteiger partial charge >= 0.3 is 41.8 Å². The Hall–Kier alpha value is -8.99. The van der Waals surface area contributed by atoms with Crippen LogP contribution in [0.4, 0.5) is 0 Å². The normalized spacial score (nSPS) is 10.8. The number of hydrogen-bond acceptors (Lipinski definition) is 17. The highest BCUT2D eigenvalue weighted by molar-refractivity contribution is 5.97. The molecule has 0 saturated carbocycles. The van der Waals surface area contributed by atoms with E-state index in [2.05, 4.69) is 19.7 Å². The lowest BCUT2D eigenvalue weighted by molar-refractivity contribution is -0.138. The molecular weight excluding hydrogens is 1230 g/mol. The van der Waals surface area contributed by atoms with Crippen LogP contribution in [-0.4, -0.2) is 81.4 Å². The predicted molar refractivity (Wildman–Crippen MR) is 375 cm³/mol. The first kappa shape index (κ1) is 78.7. The third-order valence-corrected chi connectivity index (χ3v) is 16.0. The molecule has 0 aliphatic rings. The second-order valence-electron chi connectivity index (χ2n) is 23.9. The fourth-order valence-electron chi connectivity index (χ4n) is 10.4. The SMILES string of the molecule is C=CC(=O)OCCCCCCCCCCCCOc1ccc(C(=O)Oc2ccc(COC(=O)c3cc(OC(=O)c4ccc(OCCCCCCCCCCCCOC(=O)C=C)cc4)ccc3OC(=O)c3ccc(OCCCCCCCCCCCCOC(=O)C=C)cc3)cc2)cc1. The van der Waals surface area contributed by atoms with Crippen molar-refractivity contribution in [3.63, 3.8) is 0 Å². The van der Waals surface area contributed by atoms with Crippen LogP contribution in [0.1, 0.15) is 240 Å². The summed E-state index contributed by atoms with van der Waals surface area (Å²) < 4.78 is 55.9. The second kappa shape index (κ2) is 49.5. The van der Waals surface area contributed by atoms with Gasteiger partial charge in [0.25, 0.3) is 0 Å². The van der Waals surface area contributed by atoms with Crippen LogP contribution < -0.4 is 28.4 Å². The van der Waals surface area contributed by atoms with Crippen molar-refractivity contribution in [2.45, 2.75) is 199 Å². The van der Waals surface area contributed by atoms with Crippen molar-refractivity contribution in [3.05, 3.63) is 181 Å². The van der Waals surface area contributed by atoms with Crippen LogP contribution >= 0.6 is 0 Å². The summed E-state index contributed by atoms with van der Waals surface area (Å²) in [6.07, 6.45) is 36.2. The quantitative estimate of drug-likeness (QED) is 0.0116. The van der Waals surface area contributed by atoms with Gasteiger partial charge in [-0.15, -0.1) is 0 Å². The maximum Gasteiger partial charge on any atom is 0.343 e. The topological polar surface area (TPSA) is 212 Å². The van der Waals surface area contributed by atoms with Gasteiger partial charge in [-0.3, -0.25) is 0 Å². The Morgan fingerprint density at radius 2 is 0.536 bits per heavy atom. The van der Waals surface area contributed by atoms with E-state index >= 15 is 0 Å². The number of carbonyl (C=O) groups is 7. The molecule has 0 aliphatic carbocycles. The summed E-state index contributed by atoms with van der Waals surface area (Å²) in [4.78, 5) is 87.6. The molecule has 0 unspecified atom stereocenters. The summed E-state index contributed by atoms with van der Waals surface area (Å²) in [5.74, 6) is -1.92. The molecule has 0 amide bonds. The Morgan fingerprint density at radius 1 is 0.268 bits per heavy atom. The lowest BCUT2D eigenvalue weighted by atomic mass is 10.1. The molecule has 0 fully saturated rings. The molecule has 524 valence electrons. The molecule has 0 radical (unpaired) electrons. The van der Waals surface area contributed by atoms with E-state index < -0.39 is 23.9 Å². The molecule has 5 rings (SSSR count). The van der Waals surface area contributed by atoms with Crippen molar-refractivity contribution in [2.75, 3.05) is 39.6 Å². The highest BCUT2D eigenvalue weighted by Gasteiger charge is 2.22. The zero-order valence-electron chi connectivity index (χ0n) is 56.9. The van der Waals surface area contributed by atoms with Crippen molar-refractivity contribution in [3.8, 4) is 34.5 Å². The second-order valence-corrected chi connectivity index (χ2v) is 23.9. The molecule has 0 N–H and O–H groups in total. The van der Waals surface area contributed by atoms with E-state index in [9.17, 15) is 33.6 Å². The van der Waals surface area contributed by atoms with E-state index in [4.69, 9.17) is 47.4 Å². The number of rotatable bonds is 54. The molecule has 0 heterocycles. The third-order valence-electron chi connectivity index (χ3n) is 16.0. The summed E-state index contributed by atoms with van der Waals surface area (Å²) >= 11 is 0. The number of hydrogen-bond donors (Lipinski definition) is 0. The van der Waals surface area contributed by atoms with Gasteiger partial charge in [0.1, 0.15) is 46.7 Å². The number of unbranched alkanes of at least 4 members (excludes halogenated alkanes) is 27. The largest absolute Gasteiger partial charge is 0.494 e. The lowest BCUT2D eigenvalue weighted by Crippen LogP contribution is -2.14. The van der Waals surface area contributed by atoms with E-state index in [1.807, 2.05) is 0 Å². The molecule has 0 spiro atoms. The fraction of sp³-hybridized carbons (Fsp3) is 0.463. The number of carbonyl (C=O) groups excluding carboxylic acids is 7. The molecule has 0 aliphatic heterocycles. The van der Waals surface area contributed by atoms with Crippen molar-refractivity contribution in [1.29, 1.82) is 0 Å². The summed E-state index contributed by atoms with van der Waals surface area (Å²) in [6, 6.07) is 30.5. The average molecular weight is 1340 g/mol. The van der Waals surface area contributed by atoms with Gasteiger partial charge in [-0.1, -0.05) is 186 Å². The Kier molecular flexibility index (Phi) is 40.2. The fourth-order valence-corrected chi connectivity index (χ4v) is 10.4. The van der Waals surface area contributed by atoms with Gasteiger partial charge in [-0.05, 0) is 147 Å². The van der Waals surface area contributed by atoms with Gasteiger partial charge in [-0.25, -0.2) is 33.6 Å². The maximum atomic E-state index is 14.0. The summed E-state index contributed by atoms with van der Waals surface area (Å²) in [7, 11) is 0. The van der Waals surface area contributed by atoms with Crippen molar-refractivity contribution in [2.24, 2.45) is 0 Å². The summed E-state index contributed by atoms with van der Waals surface area (Å²) in [5, 5.41) is 0. The molecule has 5 aromatic carbocycles. The van der Waals surface area contributed by atoms with Crippen LogP contribution in [0.3, 0.4) is 0 Å². The molecular formula is C80H102O17. The number of esters is 7. The molecule has 0 bridgehead atoms. The van der Waals surface area contributed by atoms with Gasteiger partial charge in [0, 0.05) is 18.2 Å². The average Bonchev–Trinajstić information content (AvgIpc) is 0.990. The van der Waals surface area contributed by atoms with E-state index in [1.165, 1.54) is 107 Å². The molecule has 0 atom stereocenters. The molecule has 97 heavy (non-hydrogen) atoms. The highest BCUT2D eigenvalue weighted by atomic mass is 16.6. The Balaban J connectivity index is 1.06. The minimum absolute atomic E-state index is 0.00474. The molecule has 0 aromatic heterocycles. The molecule has 0 saturated heterocycles. The van der Waals surface area contributed by atoms with Crippen molar-refractivity contribution >= 4 is 41.8 Å². The van der Waals surface area contributed by atoms with Crippen LogP contribution in [-0.2, 0) is 39.9 Å². The zero-order chi connectivity index (χ0) is 69.2. The van der Waals surface area contributed by atoms with Gasteiger partial charge < -0.3 is 47.4 Å². The van der Waals surface area contributed by atoms with Gasteiger partial charge in [-0.2, -0.15) is 0 Å². The zero-order valence-corrected chi connectivity index (χ0v) is 56.9. The number of benzene rings is 5. The highest BCUT2D eigenvalue weighted by Crippen LogP contribution is 2.29. The maximum absolute atomic E-state index is 14.0. The van der Waals surface area contributed by atoms with Gasteiger partial charge in [0.05, 0.1) is 56.3 Å². The van der Waals surface area contributed by atoms with Crippen LogP contribution in [0.5, 0.6) is 34.5 Å². The minimum atomic E-state index is -0.863. The van der Waals surface area contributed by atoms with E-state index in [0.29, 0.717) is 68.0 Å². The van der Waals surface area contributed by atoms with Crippen molar-refractivity contribution in [1.82, 2.24) is 0 Å². The smallest absolute Gasteiger partial charge is 0.343 e. The van der Waals surface area contributed by atoms with Crippen LogP contribution in [0, 0.1) is 0 Å². The van der Waals surface area contributed by atoms with Crippen molar-refractivity contribution < 1.29 is 80.9 Å². The third kappa shape index (κ3) is 35.0. The lowest BCUT2D eigenvalue weighted by Gasteiger charge is -2.13. The van der Waals surface area contributed by atoms with Gasteiger partial charge in [0.2, 0.25) is 0 Å². The molecule has 17 heteroatoms. The Bertz CT molecular complexity index is 3120. The van der Waals surface area contributed by atoms with E-state index in [0.717, 1.165) is 122 Å². The standard InChI is InChI=1S/C80H102O17/c1-4-74(81)91-58-34-28-22-16-10-7-13-19-25-31-55-88-67-47-39-64(40-48-67)77(84)95-70-45-37-63(38-46-70)62-94-80(87)72-61-71(96-78(85)65-41-49-68(50-42-65)89-56-32-26-20-14-8-11-17-23-29-35-59-92-75(82)5-2)53-54-73(72)97-79(86)66-43-51-69(52-44-66)90-57-33-27-21-15-9-12-18-24-30-36-60-93-76(83)6-3/h4-6,37-54,61H,1-3,7-36,55-60,62H2. The first-order chi connectivity index (χ1) is 47.4. The first-order valence-electron chi connectivity index (χ1n) is 35.1. The van der Waals surface area contributed by atoms with Gasteiger partial charge in [0.15, 0.2) is 0 Å². The minimum Gasteiger partial charge on any atom is -0.494 e. The van der Waals surface area contributed by atoms with Crippen LogP contribution in [0.15, 0.2) is 153 Å². The van der Waals surface area contributed by atoms with E-state index in [1.54, 1.807) is 97.1 Å². The molecule has 5 aromatic rings. The monoisotopic (exact) mass is 1330 g/mol. The number of ether oxygens (including phenoxy) is 10. The first-order valence-corrected chi connectivity index (χ1v) is 35.1. The van der Waals surface area contributed by atoms with E-state index in [-0.39, 0.29) is 58.5 Å². The molecule has 17 nitrogen and oxygen atoms in total. The Morgan fingerprint density at radius 3 is 0.856 bits per heavy atom. The Labute approximate surface area is 574 Å². The summed E-state index contributed by atoms with van der Waals surface area (Å²) in [6.45, 7) is 13.0. The summed E-state index contributed by atoms with van der Waals surface area (Å²) in [5.41, 5.74) is 1.20. The van der Waals surface area contributed by atoms with Crippen LogP contribution in [0.25, 0.3) is 0 Å².